The van der Waals surface area contributed by atoms with E-state index in [9.17, 15) is 4.79 Å². The van der Waals surface area contributed by atoms with E-state index in [1.54, 1.807) is 0 Å². The number of carboxylic acid groups (broad SMARTS) is 1. The highest BCUT2D eigenvalue weighted by atomic mass is 16.4. The third-order valence-electron chi connectivity index (χ3n) is 2.50. The van der Waals surface area contributed by atoms with Crippen LogP contribution in [-0.2, 0) is 4.79 Å². The lowest BCUT2D eigenvalue weighted by Crippen LogP contribution is -2.19. The van der Waals surface area contributed by atoms with Crippen molar-refractivity contribution in [2.75, 3.05) is 0 Å². The van der Waals surface area contributed by atoms with Gasteiger partial charge >= 0.3 is 5.97 Å². The van der Waals surface area contributed by atoms with Gasteiger partial charge in [-0.1, -0.05) is 19.3 Å². The molecule has 2 heteroatoms. The zero-order valence-electron chi connectivity index (χ0n) is 6.75. The summed E-state index contributed by atoms with van der Waals surface area (Å²) in [7, 11) is 0. The van der Waals surface area contributed by atoms with Gasteiger partial charge in [0.25, 0.3) is 0 Å². The molecule has 1 aliphatic rings. The Hall–Kier alpha value is -0.530. The first-order valence-electron chi connectivity index (χ1n) is 4.25. The predicted molar refractivity (Wildman–Crippen MR) is 43.1 cm³/mol. The van der Waals surface area contributed by atoms with E-state index in [2.05, 4.69) is 6.92 Å². The molecule has 1 rings (SSSR count). The second-order valence-electron chi connectivity index (χ2n) is 3.40. The average Bonchev–Trinajstić information content (AvgIpc) is 1.93. The van der Waals surface area contributed by atoms with Gasteiger partial charge in [0.1, 0.15) is 0 Å². The molecule has 0 aromatic heterocycles. The molecule has 0 saturated heterocycles. The number of carbonyl (C=O) groups is 1. The van der Waals surface area contributed by atoms with Gasteiger partial charge in [-0.15, -0.1) is 0 Å². The third kappa shape index (κ3) is 2.52. The normalized spacial score (nSPS) is 31.7. The van der Waals surface area contributed by atoms with Crippen LogP contribution in [0.15, 0.2) is 0 Å². The molecule has 0 amide bonds. The molecule has 0 bridgehead atoms. The van der Waals surface area contributed by atoms with Crippen molar-refractivity contribution in [2.45, 2.75) is 32.1 Å². The summed E-state index contributed by atoms with van der Waals surface area (Å²) in [6, 6.07) is 0. The topological polar surface area (TPSA) is 37.3 Å². The van der Waals surface area contributed by atoms with E-state index in [0.717, 1.165) is 12.8 Å². The summed E-state index contributed by atoms with van der Waals surface area (Å²) in [6.07, 6.45) is 4.89. The maximum absolute atomic E-state index is 10.4. The minimum absolute atomic E-state index is 0.314. The van der Waals surface area contributed by atoms with Crippen LogP contribution in [0.3, 0.4) is 0 Å². The summed E-state index contributed by atoms with van der Waals surface area (Å²) in [6.45, 7) is 3.97. The van der Waals surface area contributed by atoms with Crippen LogP contribution in [0.5, 0.6) is 0 Å². The zero-order valence-corrected chi connectivity index (χ0v) is 6.75. The summed E-state index contributed by atoms with van der Waals surface area (Å²) < 4.78 is 0. The molecule has 1 saturated carbocycles. The molecule has 1 fully saturated rings. The maximum Gasteiger partial charge on any atom is 0.303 e. The summed E-state index contributed by atoms with van der Waals surface area (Å²) >= 11 is 0. The standard InChI is InChI=1S/C9H15O2/c1-7-4-2-3-5-8(7)6-9(10)11/h7-8H,1-6H2,(H,10,11). The Labute approximate surface area is 67.6 Å². The van der Waals surface area contributed by atoms with E-state index >= 15 is 0 Å². The van der Waals surface area contributed by atoms with Crippen molar-refractivity contribution in [3.8, 4) is 0 Å². The Morgan fingerprint density at radius 2 is 2.09 bits per heavy atom. The van der Waals surface area contributed by atoms with Crippen LogP contribution >= 0.6 is 0 Å². The molecule has 1 radical (unpaired) electrons. The highest BCUT2D eigenvalue weighted by molar-refractivity contribution is 5.67. The molecular weight excluding hydrogens is 140 g/mol. The molecule has 11 heavy (non-hydrogen) atoms. The molecule has 1 N–H and O–H groups in total. The minimum Gasteiger partial charge on any atom is -0.481 e. The molecule has 1 aliphatic carbocycles. The van der Waals surface area contributed by atoms with E-state index in [-0.39, 0.29) is 0 Å². The van der Waals surface area contributed by atoms with Gasteiger partial charge < -0.3 is 5.11 Å². The summed E-state index contributed by atoms with van der Waals surface area (Å²) in [5.41, 5.74) is 0. The van der Waals surface area contributed by atoms with E-state index in [1.165, 1.54) is 12.8 Å². The molecule has 0 aliphatic heterocycles. The maximum atomic E-state index is 10.4. The number of hydrogen-bond acceptors (Lipinski definition) is 1. The fraction of sp³-hybridized carbons (Fsp3) is 0.778. The Bertz CT molecular complexity index is 142. The first-order chi connectivity index (χ1) is 5.20. The van der Waals surface area contributed by atoms with Crippen LogP contribution in [0.1, 0.15) is 32.1 Å². The van der Waals surface area contributed by atoms with Crippen LogP contribution in [0.4, 0.5) is 0 Å². The van der Waals surface area contributed by atoms with E-state index in [4.69, 9.17) is 5.11 Å². The fourth-order valence-corrected chi connectivity index (χ4v) is 1.78. The largest absolute Gasteiger partial charge is 0.481 e. The van der Waals surface area contributed by atoms with Crippen LogP contribution < -0.4 is 0 Å². The van der Waals surface area contributed by atoms with E-state index in [1.807, 2.05) is 0 Å². The second-order valence-corrected chi connectivity index (χ2v) is 3.40. The SMILES string of the molecule is [CH2]C1CCCCC1CC(=O)O. The van der Waals surface area contributed by atoms with Gasteiger partial charge in [-0.05, 0) is 25.2 Å². The van der Waals surface area contributed by atoms with Crippen molar-refractivity contribution in [1.29, 1.82) is 0 Å². The Morgan fingerprint density at radius 1 is 1.45 bits per heavy atom. The zero-order chi connectivity index (χ0) is 8.27. The first kappa shape index (κ1) is 8.57. The molecule has 0 spiro atoms. The summed E-state index contributed by atoms with van der Waals surface area (Å²) in [4.78, 5) is 10.4. The van der Waals surface area contributed by atoms with Gasteiger partial charge in [-0.3, -0.25) is 4.79 Å². The Morgan fingerprint density at radius 3 is 2.64 bits per heavy atom. The molecule has 2 nitrogen and oxygen atoms in total. The lowest BCUT2D eigenvalue weighted by atomic mass is 9.79. The first-order valence-corrected chi connectivity index (χ1v) is 4.25. The van der Waals surface area contributed by atoms with Gasteiger partial charge in [0.15, 0.2) is 0 Å². The van der Waals surface area contributed by atoms with Crippen molar-refractivity contribution in [1.82, 2.24) is 0 Å². The lowest BCUT2D eigenvalue weighted by Gasteiger charge is -2.26. The van der Waals surface area contributed by atoms with Gasteiger partial charge in [-0.2, -0.15) is 0 Å². The van der Waals surface area contributed by atoms with Crippen molar-refractivity contribution < 1.29 is 9.90 Å². The quantitative estimate of drug-likeness (QED) is 0.663. The number of hydrogen-bond donors (Lipinski definition) is 1. The fourth-order valence-electron chi connectivity index (χ4n) is 1.78. The smallest absolute Gasteiger partial charge is 0.303 e. The molecular formula is C9H15O2. The molecule has 0 aromatic rings. The van der Waals surface area contributed by atoms with E-state index in [0.29, 0.717) is 18.3 Å². The third-order valence-corrected chi connectivity index (χ3v) is 2.50. The highest BCUT2D eigenvalue weighted by Crippen LogP contribution is 2.31. The Balaban J connectivity index is 2.35. The number of aliphatic carboxylic acids is 1. The van der Waals surface area contributed by atoms with Crippen molar-refractivity contribution in [2.24, 2.45) is 11.8 Å². The average molecular weight is 155 g/mol. The van der Waals surface area contributed by atoms with E-state index < -0.39 is 5.97 Å². The highest BCUT2D eigenvalue weighted by Gasteiger charge is 2.23. The molecule has 63 valence electrons. The number of carboxylic acids is 1. The molecule has 0 heterocycles. The van der Waals surface area contributed by atoms with Gasteiger partial charge in [0, 0.05) is 6.42 Å². The minimum atomic E-state index is -0.675. The van der Waals surface area contributed by atoms with Gasteiger partial charge in [-0.25, -0.2) is 0 Å². The van der Waals surface area contributed by atoms with Crippen LogP contribution in [-0.4, -0.2) is 11.1 Å². The molecule has 0 aromatic carbocycles. The Kier molecular flexibility index (Phi) is 2.92. The molecule has 2 atom stereocenters. The number of rotatable bonds is 2. The van der Waals surface area contributed by atoms with Gasteiger partial charge in [0.05, 0.1) is 0 Å². The van der Waals surface area contributed by atoms with Crippen molar-refractivity contribution in [3.63, 3.8) is 0 Å². The second kappa shape index (κ2) is 3.74. The van der Waals surface area contributed by atoms with Gasteiger partial charge in [0.2, 0.25) is 0 Å². The van der Waals surface area contributed by atoms with Crippen molar-refractivity contribution in [3.05, 3.63) is 6.92 Å². The monoisotopic (exact) mass is 155 g/mol. The molecule has 2 unspecified atom stereocenters. The summed E-state index contributed by atoms with van der Waals surface area (Å²) in [5.74, 6) is 0.0339. The lowest BCUT2D eigenvalue weighted by molar-refractivity contribution is -0.138. The predicted octanol–water partition coefficient (Wildman–Crippen LogP) is 2.10. The van der Waals surface area contributed by atoms with Crippen LogP contribution in [0.25, 0.3) is 0 Å². The van der Waals surface area contributed by atoms with Crippen LogP contribution in [0, 0.1) is 18.8 Å². The van der Waals surface area contributed by atoms with Crippen LogP contribution in [0.2, 0.25) is 0 Å². The summed E-state index contributed by atoms with van der Waals surface area (Å²) in [5, 5.41) is 8.56. The van der Waals surface area contributed by atoms with Crippen molar-refractivity contribution >= 4 is 5.97 Å².